The lowest BCUT2D eigenvalue weighted by molar-refractivity contribution is 0.0566. The maximum absolute atomic E-state index is 12.9. The number of nitrogens with zero attached hydrogens (tertiary/aromatic N) is 4. The summed E-state index contributed by atoms with van der Waals surface area (Å²) in [6.07, 6.45) is 2.37. The number of aromatic nitrogens is 1. The standard InChI is InChI=1S/C21H24N4O3/c1-2-28-21(27)24-13-11-23(12-14-24)20(26)18-15-17(7-9-22-18)25-10-8-16-5-3-4-6-19(16)25/h3-7,9,15H,2,8,10-14H2,1H3. The summed E-state index contributed by atoms with van der Waals surface area (Å²) in [7, 11) is 0. The Hall–Kier alpha value is -3.09. The topological polar surface area (TPSA) is 66.0 Å². The lowest BCUT2D eigenvalue weighted by atomic mass is 10.2. The molecule has 0 atom stereocenters. The fourth-order valence-electron chi connectivity index (χ4n) is 3.78. The summed E-state index contributed by atoms with van der Waals surface area (Å²) < 4.78 is 5.03. The van der Waals surface area contributed by atoms with Crippen LogP contribution in [0.4, 0.5) is 16.2 Å². The van der Waals surface area contributed by atoms with E-state index in [0.717, 1.165) is 18.7 Å². The van der Waals surface area contributed by atoms with Crippen molar-refractivity contribution in [1.82, 2.24) is 14.8 Å². The number of piperazine rings is 1. The lowest BCUT2D eigenvalue weighted by Gasteiger charge is -2.34. The van der Waals surface area contributed by atoms with Crippen LogP contribution in [-0.4, -0.2) is 66.1 Å². The van der Waals surface area contributed by atoms with Crippen LogP contribution in [0.3, 0.4) is 0 Å². The number of para-hydroxylation sites is 1. The molecular weight excluding hydrogens is 356 g/mol. The van der Waals surface area contributed by atoms with Crippen LogP contribution in [0.25, 0.3) is 0 Å². The molecule has 2 aliphatic heterocycles. The van der Waals surface area contributed by atoms with E-state index in [4.69, 9.17) is 4.74 Å². The Bertz CT molecular complexity index is 877. The summed E-state index contributed by atoms with van der Waals surface area (Å²) >= 11 is 0. The quantitative estimate of drug-likeness (QED) is 0.819. The minimum Gasteiger partial charge on any atom is -0.450 e. The monoisotopic (exact) mass is 380 g/mol. The normalized spacial score (nSPS) is 16.1. The Morgan fingerprint density at radius 2 is 1.79 bits per heavy atom. The number of anilines is 2. The highest BCUT2D eigenvalue weighted by molar-refractivity contribution is 5.93. The summed E-state index contributed by atoms with van der Waals surface area (Å²) in [5.74, 6) is -0.0992. The van der Waals surface area contributed by atoms with Crippen LogP contribution in [0.1, 0.15) is 23.0 Å². The van der Waals surface area contributed by atoms with Gasteiger partial charge in [0.15, 0.2) is 0 Å². The van der Waals surface area contributed by atoms with Gasteiger partial charge in [-0.15, -0.1) is 0 Å². The molecule has 146 valence electrons. The van der Waals surface area contributed by atoms with Gasteiger partial charge in [0, 0.05) is 50.3 Å². The van der Waals surface area contributed by atoms with Crippen LogP contribution in [0.5, 0.6) is 0 Å². The molecule has 3 heterocycles. The predicted octanol–water partition coefficient (Wildman–Crippen LogP) is 2.69. The highest BCUT2D eigenvalue weighted by Gasteiger charge is 2.27. The van der Waals surface area contributed by atoms with E-state index in [-0.39, 0.29) is 12.0 Å². The Morgan fingerprint density at radius 1 is 1.04 bits per heavy atom. The molecule has 1 aromatic carbocycles. The van der Waals surface area contributed by atoms with Crippen LogP contribution >= 0.6 is 0 Å². The second-order valence-electron chi connectivity index (χ2n) is 6.91. The van der Waals surface area contributed by atoms with Gasteiger partial charge in [0.2, 0.25) is 0 Å². The number of hydrogen-bond acceptors (Lipinski definition) is 5. The molecule has 4 rings (SSSR count). The number of carbonyl (C=O) groups excluding carboxylic acids is 2. The van der Waals surface area contributed by atoms with Gasteiger partial charge in [0.05, 0.1) is 6.61 Å². The Morgan fingerprint density at radius 3 is 2.57 bits per heavy atom. The third-order valence-corrected chi connectivity index (χ3v) is 5.25. The first kappa shape index (κ1) is 18.3. The maximum atomic E-state index is 12.9. The van der Waals surface area contributed by atoms with Crippen LogP contribution < -0.4 is 4.90 Å². The van der Waals surface area contributed by atoms with E-state index < -0.39 is 0 Å². The maximum Gasteiger partial charge on any atom is 0.409 e. The average Bonchev–Trinajstić information content (AvgIpc) is 3.18. The number of benzene rings is 1. The fraction of sp³-hybridized carbons (Fsp3) is 0.381. The van der Waals surface area contributed by atoms with E-state index in [1.807, 2.05) is 18.2 Å². The van der Waals surface area contributed by atoms with Crippen molar-refractivity contribution in [2.45, 2.75) is 13.3 Å². The van der Waals surface area contributed by atoms with E-state index in [2.05, 4.69) is 28.1 Å². The van der Waals surface area contributed by atoms with Crippen molar-refractivity contribution in [3.05, 3.63) is 53.9 Å². The van der Waals surface area contributed by atoms with Gasteiger partial charge in [-0.2, -0.15) is 0 Å². The largest absolute Gasteiger partial charge is 0.450 e. The molecule has 1 aromatic heterocycles. The Labute approximate surface area is 164 Å². The molecule has 0 bridgehead atoms. The van der Waals surface area contributed by atoms with Crippen LogP contribution in [0, 0.1) is 0 Å². The second kappa shape index (κ2) is 7.88. The average molecular weight is 380 g/mol. The molecule has 0 aliphatic carbocycles. The van der Waals surface area contributed by atoms with Crippen molar-refractivity contribution in [3.63, 3.8) is 0 Å². The molecular formula is C21H24N4O3. The van der Waals surface area contributed by atoms with E-state index >= 15 is 0 Å². The molecule has 7 nitrogen and oxygen atoms in total. The number of hydrogen-bond donors (Lipinski definition) is 0. The van der Waals surface area contributed by atoms with Gasteiger partial charge in [0.25, 0.3) is 5.91 Å². The first-order chi connectivity index (χ1) is 13.7. The molecule has 0 spiro atoms. The first-order valence-electron chi connectivity index (χ1n) is 9.70. The van der Waals surface area contributed by atoms with E-state index in [0.29, 0.717) is 38.5 Å². The van der Waals surface area contributed by atoms with Gasteiger partial charge < -0.3 is 19.4 Å². The third kappa shape index (κ3) is 3.52. The van der Waals surface area contributed by atoms with Gasteiger partial charge in [-0.3, -0.25) is 9.78 Å². The number of pyridine rings is 1. The zero-order valence-corrected chi connectivity index (χ0v) is 16.0. The third-order valence-electron chi connectivity index (χ3n) is 5.25. The summed E-state index contributed by atoms with van der Waals surface area (Å²) in [5, 5.41) is 0. The van der Waals surface area contributed by atoms with Crippen molar-refractivity contribution in [1.29, 1.82) is 0 Å². The zero-order chi connectivity index (χ0) is 19.5. The Balaban J connectivity index is 1.45. The first-order valence-corrected chi connectivity index (χ1v) is 9.70. The van der Waals surface area contributed by atoms with E-state index in [9.17, 15) is 9.59 Å². The molecule has 7 heteroatoms. The Kier molecular flexibility index (Phi) is 5.14. The van der Waals surface area contributed by atoms with Crippen LogP contribution in [-0.2, 0) is 11.2 Å². The summed E-state index contributed by atoms with van der Waals surface area (Å²) in [6, 6.07) is 12.2. The number of rotatable bonds is 3. The number of amides is 2. The molecule has 0 saturated carbocycles. The molecule has 0 unspecified atom stereocenters. The molecule has 2 amide bonds. The number of carbonyl (C=O) groups is 2. The van der Waals surface area contributed by atoms with E-state index in [1.54, 1.807) is 22.9 Å². The molecule has 2 aliphatic rings. The van der Waals surface area contributed by atoms with Crippen molar-refractivity contribution < 1.29 is 14.3 Å². The van der Waals surface area contributed by atoms with Crippen molar-refractivity contribution in [2.24, 2.45) is 0 Å². The minimum atomic E-state index is -0.317. The smallest absolute Gasteiger partial charge is 0.409 e. The molecule has 1 fully saturated rings. The van der Waals surface area contributed by atoms with Gasteiger partial charge in [-0.1, -0.05) is 18.2 Å². The molecule has 2 aromatic rings. The van der Waals surface area contributed by atoms with Gasteiger partial charge >= 0.3 is 6.09 Å². The highest BCUT2D eigenvalue weighted by atomic mass is 16.6. The molecule has 1 saturated heterocycles. The minimum absolute atomic E-state index is 0.0992. The lowest BCUT2D eigenvalue weighted by Crippen LogP contribution is -2.50. The number of ether oxygens (including phenoxy) is 1. The predicted molar refractivity (Wildman–Crippen MR) is 106 cm³/mol. The van der Waals surface area contributed by atoms with Crippen LogP contribution in [0.15, 0.2) is 42.6 Å². The summed E-state index contributed by atoms with van der Waals surface area (Å²) in [5.41, 5.74) is 3.93. The molecule has 28 heavy (non-hydrogen) atoms. The van der Waals surface area contributed by atoms with Gasteiger partial charge in [0.1, 0.15) is 5.69 Å². The zero-order valence-electron chi connectivity index (χ0n) is 16.0. The fourth-order valence-corrected chi connectivity index (χ4v) is 3.78. The molecule has 0 N–H and O–H groups in total. The summed E-state index contributed by atoms with van der Waals surface area (Å²) in [4.78, 5) is 34.7. The van der Waals surface area contributed by atoms with Crippen LogP contribution in [0.2, 0.25) is 0 Å². The van der Waals surface area contributed by atoms with Crippen molar-refractivity contribution >= 4 is 23.4 Å². The van der Waals surface area contributed by atoms with Crippen molar-refractivity contribution in [2.75, 3.05) is 44.2 Å². The van der Waals surface area contributed by atoms with Gasteiger partial charge in [-0.25, -0.2) is 4.79 Å². The second-order valence-corrected chi connectivity index (χ2v) is 6.91. The molecule has 0 radical (unpaired) electrons. The van der Waals surface area contributed by atoms with E-state index in [1.165, 1.54) is 11.3 Å². The van der Waals surface area contributed by atoms with Crippen molar-refractivity contribution in [3.8, 4) is 0 Å². The summed E-state index contributed by atoms with van der Waals surface area (Å²) in [6.45, 7) is 4.96. The van der Waals surface area contributed by atoms with Gasteiger partial charge in [-0.05, 0) is 37.1 Å². The highest BCUT2D eigenvalue weighted by Crippen LogP contribution is 2.34. The number of fused-ring (bicyclic) bond motifs is 1. The SMILES string of the molecule is CCOC(=O)N1CCN(C(=O)c2cc(N3CCc4ccccc43)ccn2)CC1.